The van der Waals surface area contributed by atoms with Crippen molar-refractivity contribution in [3.8, 4) is 5.75 Å². The molecule has 0 atom stereocenters. The van der Waals surface area contributed by atoms with E-state index in [1.807, 2.05) is 54.6 Å². The Hall–Kier alpha value is -2.82. The number of amides is 1. The molecule has 0 aliphatic carbocycles. The van der Waals surface area contributed by atoms with E-state index in [1.54, 1.807) is 12.0 Å². The van der Waals surface area contributed by atoms with Crippen LogP contribution in [0.4, 0.5) is 0 Å². The van der Waals surface area contributed by atoms with E-state index in [0.717, 1.165) is 11.1 Å². The Balaban J connectivity index is 2.09. The lowest BCUT2D eigenvalue weighted by molar-refractivity contribution is -0.138. The number of carboxylic acid groups (broad SMARTS) is 1. The highest BCUT2D eigenvalue weighted by molar-refractivity contribution is 5.79. The molecule has 0 spiro atoms. The van der Waals surface area contributed by atoms with Gasteiger partial charge in [-0.2, -0.15) is 0 Å². The molecule has 0 radical (unpaired) electrons. The first kappa shape index (κ1) is 18.5. The molecule has 2 aromatic carbocycles. The molecule has 0 aliphatic heterocycles. The van der Waals surface area contributed by atoms with Crippen molar-refractivity contribution >= 4 is 11.9 Å². The summed E-state index contributed by atoms with van der Waals surface area (Å²) in [4.78, 5) is 25.3. The standard InChI is InChI=1S/C20H23NO4/c1-25-18-11-6-5-10-17(18)14-19(22)21(13-7-12-20(23)24)15-16-8-3-2-4-9-16/h2-6,8-11H,7,12-15H2,1H3,(H,23,24). The van der Waals surface area contributed by atoms with Crippen LogP contribution in [0, 0.1) is 0 Å². The Morgan fingerprint density at radius 2 is 1.72 bits per heavy atom. The van der Waals surface area contributed by atoms with Crippen molar-refractivity contribution in [2.45, 2.75) is 25.8 Å². The summed E-state index contributed by atoms with van der Waals surface area (Å²) in [6, 6.07) is 17.1. The van der Waals surface area contributed by atoms with Crippen LogP contribution in [0.5, 0.6) is 5.75 Å². The first-order valence-corrected chi connectivity index (χ1v) is 8.25. The lowest BCUT2D eigenvalue weighted by atomic mass is 10.1. The molecule has 0 heterocycles. The van der Waals surface area contributed by atoms with Gasteiger partial charge >= 0.3 is 5.97 Å². The molecule has 0 aliphatic rings. The molecule has 132 valence electrons. The van der Waals surface area contributed by atoms with E-state index >= 15 is 0 Å². The van der Waals surface area contributed by atoms with Gasteiger partial charge in [-0.05, 0) is 18.1 Å². The SMILES string of the molecule is COc1ccccc1CC(=O)N(CCCC(=O)O)Cc1ccccc1. The zero-order valence-electron chi connectivity index (χ0n) is 14.4. The van der Waals surface area contributed by atoms with Crippen LogP contribution in [0.25, 0.3) is 0 Å². The molecular formula is C20H23NO4. The molecule has 0 saturated carbocycles. The van der Waals surface area contributed by atoms with E-state index in [2.05, 4.69) is 0 Å². The molecule has 2 aromatic rings. The molecular weight excluding hydrogens is 318 g/mol. The quantitative estimate of drug-likeness (QED) is 0.761. The Morgan fingerprint density at radius 3 is 2.40 bits per heavy atom. The van der Waals surface area contributed by atoms with Gasteiger partial charge in [0.1, 0.15) is 5.75 Å². The van der Waals surface area contributed by atoms with Crippen molar-refractivity contribution in [2.24, 2.45) is 0 Å². The molecule has 5 nitrogen and oxygen atoms in total. The third-order valence-corrected chi connectivity index (χ3v) is 3.92. The number of hydrogen-bond acceptors (Lipinski definition) is 3. The van der Waals surface area contributed by atoms with E-state index in [9.17, 15) is 9.59 Å². The summed E-state index contributed by atoms with van der Waals surface area (Å²) in [5.74, 6) is -0.211. The summed E-state index contributed by atoms with van der Waals surface area (Å²) < 4.78 is 5.31. The van der Waals surface area contributed by atoms with E-state index in [0.29, 0.717) is 25.3 Å². The van der Waals surface area contributed by atoms with Gasteiger partial charge in [-0.15, -0.1) is 0 Å². The molecule has 5 heteroatoms. The molecule has 1 N–H and O–H groups in total. The van der Waals surface area contributed by atoms with Gasteiger partial charge in [0.05, 0.1) is 13.5 Å². The van der Waals surface area contributed by atoms with Gasteiger partial charge in [-0.3, -0.25) is 9.59 Å². The van der Waals surface area contributed by atoms with Crippen LogP contribution in [0.3, 0.4) is 0 Å². The van der Waals surface area contributed by atoms with Crippen LogP contribution in [0.1, 0.15) is 24.0 Å². The molecule has 2 rings (SSSR count). The highest BCUT2D eigenvalue weighted by Gasteiger charge is 2.17. The highest BCUT2D eigenvalue weighted by atomic mass is 16.5. The fraction of sp³-hybridized carbons (Fsp3) is 0.300. The minimum Gasteiger partial charge on any atom is -0.496 e. The van der Waals surface area contributed by atoms with Crippen LogP contribution in [0.2, 0.25) is 0 Å². The van der Waals surface area contributed by atoms with Crippen molar-refractivity contribution in [1.29, 1.82) is 0 Å². The van der Waals surface area contributed by atoms with Gasteiger partial charge in [-0.1, -0.05) is 48.5 Å². The molecule has 0 unspecified atom stereocenters. The number of carbonyl (C=O) groups is 2. The average Bonchev–Trinajstić information content (AvgIpc) is 2.62. The maximum absolute atomic E-state index is 12.8. The summed E-state index contributed by atoms with van der Waals surface area (Å²) in [7, 11) is 1.58. The fourth-order valence-corrected chi connectivity index (χ4v) is 2.64. The van der Waals surface area contributed by atoms with Gasteiger partial charge in [0.2, 0.25) is 5.91 Å². The van der Waals surface area contributed by atoms with E-state index in [-0.39, 0.29) is 18.7 Å². The Morgan fingerprint density at radius 1 is 1.04 bits per heavy atom. The second-order valence-corrected chi connectivity index (χ2v) is 5.79. The third kappa shape index (κ3) is 5.95. The minimum atomic E-state index is -0.850. The normalized spacial score (nSPS) is 10.3. The predicted molar refractivity (Wildman–Crippen MR) is 95.4 cm³/mol. The largest absolute Gasteiger partial charge is 0.496 e. The Kier molecular flexibility index (Phi) is 7.01. The number of nitrogens with zero attached hydrogens (tertiary/aromatic N) is 1. The van der Waals surface area contributed by atoms with Crippen LogP contribution in [-0.4, -0.2) is 35.5 Å². The molecule has 25 heavy (non-hydrogen) atoms. The topological polar surface area (TPSA) is 66.8 Å². The number of carboxylic acids is 1. The van der Waals surface area contributed by atoms with Gasteiger partial charge in [0.25, 0.3) is 0 Å². The molecule has 0 bridgehead atoms. The molecule has 1 amide bonds. The molecule has 0 fully saturated rings. The smallest absolute Gasteiger partial charge is 0.303 e. The zero-order chi connectivity index (χ0) is 18.1. The van der Waals surface area contributed by atoms with Gasteiger partial charge in [0, 0.05) is 25.1 Å². The van der Waals surface area contributed by atoms with E-state index in [4.69, 9.17) is 9.84 Å². The number of rotatable bonds is 9. The van der Waals surface area contributed by atoms with Crippen LogP contribution < -0.4 is 4.74 Å². The first-order chi connectivity index (χ1) is 12.1. The lowest BCUT2D eigenvalue weighted by Gasteiger charge is -2.23. The number of aliphatic carboxylic acids is 1. The fourth-order valence-electron chi connectivity index (χ4n) is 2.64. The van der Waals surface area contributed by atoms with Crippen LogP contribution in [-0.2, 0) is 22.6 Å². The second-order valence-electron chi connectivity index (χ2n) is 5.79. The number of carbonyl (C=O) groups excluding carboxylic acids is 1. The summed E-state index contributed by atoms with van der Waals surface area (Å²) in [6.07, 6.45) is 0.705. The zero-order valence-corrected chi connectivity index (χ0v) is 14.4. The van der Waals surface area contributed by atoms with Crippen LogP contribution in [0.15, 0.2) is 54.6 Å². The average molecular weight is 341 g/mol. The summed E-state index contributed by atoms with van der Waals surface area (Å²) in [5.41, 5.74) is 1.84. The van der Waals surface area contributed by atoms with Gasteiger partial charge in [-0.25, -0.2) is 0 Å². The minimum absolute atomic E-state index is 0.0428. The second kappa shape index (κ2) is 9.47. The Bertz CT molecular complexity index is 700. The molecule has 0 saturated heterocycles. The number of methoxy groups -OCH3 is 1. The monoisotopic (exact) mass is 341 g/mol. The van der Waals surface area contributed by atoms with Crippen molar-refractivity contribution in [3.63, 3.8) is 0 Å². The maximum atomic E-state index is 12.8. The van der Waals surface area contributed by atoms with E-state index < -0.39 is 5.97 Å². The van der Waals surface area contributed by atoms with Gasteiger partial charge in [0.15, 0.2) is 0 Å². The third-order valence-electron chi connectivity index (χ3n) is 3.92. The van der Waals surface area contributed by atoms with Crippen molar-refractivity contribution < 1.29 is 19.4 Å². The van der Waals surface area contributed by atoms with Crippen molar-refractivity contribution in [1.82, 2.24) is 4.90 Å². The highest BCUT2D eigenvalue weighted by Crippen LogP contribution is 2.19. The first-order valence-electron chi connectivity index (χ1n) is 8.25. The number of benzene rings is 2. The van der Waals surface area contributed by atoms with E-state index in [1.165, 1.54) is 0 Å². The van der Waals surface area contributed by atoms with Crippen molar-refractivity contribution in [2.75, 3.05) is 13.7 Å². The van der Waals surface area contributed by atoms with Crippen molar-refractivity contribution in [3.05, 3.63) is 65.7 Å². The summed E-state index contributed by atoms with van der Waals surface area (Å²) in [5, 5.41) is 8.84. The number of ether oxygens (including phenoxy) is 1. The maximum Gasteiger partial charge on any atom is 0.303 e. The predicted octanol–water partition coefficient (Wildman–Crippen LogP) is 3.13. The molecule has 0 aromatic heterocycles. The lowest BCUT2D eigenvalue weighted by Crippen LogP contribution is -2.33. The summed E-state index contributed by atoms with van der Waals surface area (Å²) in [6.45, 7) is 0.879. The van der Waals surface area contributed by atoms with Gasteiger partial charge < -0.3 is 14.7 Å². The van der Waals surface area contributed by atoms with Crippen LogP contribution >= 0.6 is 0 Å². The number of hydrogen-bond donors (Lipinski definition) is 1. The number of para-hydroxylation sites is 1. The Labute approximate surface area is 147 Å². The summed E-state index contributed by atoms with van der Waals surface area (Å²) >= 11 is 0.